The molecule has 1 aliphatic carbocycles. The first-order valence-corrected chi connectivity index (χ1v) is 13.8. The standard InChI is InChI=1S/C31H40FN3O3/c1-21-16-24-18-33-35(19-23-6-7-23)28(24)27(17-21)22(2)37-20-31(25-8-10-26(32)11-9-25)12-14-34(15-13-31)29(36)38-30(3,4)5/h8-11,16-18,22-23H,6-7,12-15,19-20H2,1-5H3. The maximum atomic E-state index is 13.8. The monoisotopic (exact) mass is 521 g/mol. The molecule has 1 aromatic heterocycles. The lowest BCUT2D eigenvalue weighted by Gasteiger charge is -2.42. The highest BCUT2D eigenvalue weighted by molar-refractivity contribution is 5.83. The molecule has 1 saturated heterocycles. The molecule has 0 N–H and O–H groups in total. The Morgan fingerprint density at radius 2 is 1.84 bits per heavy atom. The first-order valence-electron chi connectivity index (χ1n) is 13.8. The summed E-state index contributed by atoms with van der Waals surface area (Å²) in [5.74, 6) is 0.468. The highest BCUT2D eigenvalue weighted by Crippen LogP contribution is 2.39. The van der Waals surface area contributed by atoms with Gasteiger partial charge in [0.25, 0.3) is 0 Å². The zero-order valence-corrected chi connectivity index (χ0v) is 23.3. The van der Waals surface area contributed by atoms with Gasteiger partial charge in [-0.3, -0.25) is 4.68 Å². The molecular formula is C31H40FN3O3. The van der Waals surface area contributed by atoms with Crippen LogP contribution in [0.15, 0.2) is 42.6 Å². The molecule has 6 nitrogen and oxygen atoms in total. The molecule has 0 radical (unpaired) electrons. The Hall–Kier alpha value is -2.93. The Bertz CT molecular complexity index is 1280. The molecule has 3 aromatic rings. The van der Waals surface area contributed by atoms with E-state index in [0.29, 0.717) is 32.5 Å². The summed E-state index contributed by atoms with van der Waals surface area (Å²) in [7, 11) is 0. The minimum Gasteiger partial charge on any atom is -0.444 e. The van der Waals surface area contributed by atoms with E-state index < -0.39 is 5.60 Å². The Morgan fingerprint density at radius 1 is 1.16 bits per heavy atom. The fourth-order valence-electron chi connectivity index (χ4n) is 5.55. The van der Waals surface area contributed by atoms with E-state index in [-0.39, 0.29) is 23.4 Å². The zero-order chi connectivity index (χ0) is 27.1. The molecule has 1 amide bonds. The van der Waals surface area contributed by atoms with Crippen LogP contribution in [0.2, 0.25) is 0 Å². The molecule has 2 fully saturated rings. The molecule has 0 bridgehead atoms. The zero-order valence-electron chi connectivity index (χ0n) is 23.3. The van der Waals surface area contributed by atoms with Crippen LogP contribution in [-0.2, 0) is 21.4 Å². The number of hydrogen-bond acceptors (Lipinski definition) is 4. The first kappa shape index (κ1) is 26.7. The summed E-state index contributed by atoms with van der Waals surface area (Å²) in [5.41, 5.74) is 3.68. The molecule has 5 rings (SSSR count). The SMILES string of the molecule is Cc1cc(C(C)OCC2(c3ccc(F)cc3)CCN(C(=O)OC(C)(C)C)CC2)c2c(cnn2CC2CC2)c1. The van der Waals surface area contributed by atoms with Crippen molar-refractivity contribution in [3.8, 4) is 0 Å². The molecular weight excluding hydrogens is 481 g/mol. The van der Waals surface area contributed by atoms with E-state index in [2.05, 4.69) is 30.7 Å². The quantitative estimate of drug-likeness (QED) is 0.338. The van der Waals surface area contributed by atoms with Crippen molar-refractivity contribution in [2.45, 2.75) is 84.0 Å². The van der Waals surface area contributed by atoms with Crippen molar-refractivity contribution >= 4 is 17.0 Å². The number of ether oxygens (including phenoxy) is 2. The van der Waals surface area contributed by atoms with Crippen LogP contribution in [0.5, 0.6) is 0 Å². The van der Waals surface area contributed by atoms with E-state index >= 15 is 0 Å². The second kappa shape index (κ2) is 10.3. The third-order valence-electron chi connectivity index (χ3n) is 7.91. The van der Waals surface area contributed by atoms with Gasteiger partial charge in [0.15, 0.2) is 0 Å². The summed E-state index contributed by atoms with van der Waals surface area (Å²) in [5, 5.41) is 5.85. The molecule has 2 aromatic carbocycles. The van der Waals surface area contributed by atoms with Crippen molar-refractivity contribution in [2.24, 2.45) is 5.92 Å². The van der Waals surface area contributed by atoms with Crippen molar-refractivity contribution in [3.05, 3.63) is 65.1 Å². The molecule has 1 aliphatic heterocycles. The molecule has 38 heavy (non-hydrogen) atoms. The minimum absolute atomic E-state index is 0.145. The third-order valence-corrected chi connectivity index (χ3v) is 7.91. The molecule has 7 heteroatoms. The molecule has 2 heterocycles. The lowest BCUT2D eigenvalue weighted by Crippen LogP contribution is -2.48. The molecule has 2 aliphatic rings. The number of carbonyl (C=O) groups is 1. The number of aryl methyl sites for hydroxylation is 1. The van der Waals surface area contributed by atoms with Gasteiger partial charge in [0, 0.05) is 36.0 Å². The van der Waals surface area contributed by atoms with Crippen molar-refractivity contribution < 1.29 is 18.7 Å². The van der Waals surface area contributed by atoms with E-state index in [4.69, 9.17) is 14.6 Å². The number of fused-ring (bicyclic) bond motifs is 1. The second-order valence-corrected chi connectivity index (χ2v) is 12.3. The van der Waals surface area contributed by atoms with Crippen molar-refractivity contribution in [1.29, 1.82) is 0 Å². The van der Waals surface area contributed by atoms with Gasteiger partial charge in [-0.25, -0.2) is 9.18 Å². The molecule has 1 saturated carbocycles. The van der Waals surface area contributed by atoms with Crippen LogP contribution in [0.1, 0.15) is 76.2 Å². The van der Waals surface area contributed by atoms with E-state index in [1.54, 1.807) is 4.90 Å². The number of carbonyl (C=O) groups excluding carboxylic acids is 1. The maximum Gasteiger partial charge on any atom is 0.410 e. The molecule has 1 unspecified atom stereocenters. The van der Waals surface area contributed by atoms with Crippen molar-refractivity contribution in [1.82, 2.24) is 14.7 Å². The van der Waals surface area contributed by atoms with E-state index in [9.17, 15) is 9.18 Å². The normalized spacial score (nSPS) is 18.5. The summed E-state index contributed by atoms with van der Waals surface area (Å²) >= 11 is 0. The number of halogens is 1. The van der Waals surface area contributed by atoms with Gasteiger partial charge in [-0.05, 0) is 95.5 Å². The summed E-state index contributed by atoms with van der Waals surface area (Å²) < 4.78 is 28.2. The number of benzene rings is 2. The largest absolute Gasteiger partial charge is 0.444 e. The van der Waals surface area contributed by atoms with Gasteiger partial charge < -0.3 is 14.4 Å². The van der Waals surface area contributed by atoms with Crippen LogP contribution in [0, 0.1) is 18.7 Å². The smallest absolute Gasteiger partial charge is 0.410 e. The fourth-order valence-corrected chi connectivity index (χ4v) is 5.55. The summed E-state index contributed by atoms with van der Waals surface area (Å²) in [6, 6.07) is 11.2. The lowest BCUT2D eigenvalue weighted by atomic mass is 9.73. The maximum absolute atomic E-state index is 13.8. The number of likely N-dealkylation sites (tertiary alicyclic amines) is 1. The molecule has 1 atom stereocenters. The first-order chi connectivity index (χ1) is 18.0. The lowest BCUT2D eigenvalue weighted by molar-refractivity contribution is -0.00938. The molecule has 204 valence electrons. The number of hydrogen-bond donors (Lipinski definition) is 0. The van der Waals surface area contributed by atoms with Gasteiger partial charge in [-0.1, -0.05) is 18.2 Å². The van der Waals surface area contributed by atoms with Crippen molar-refractivity contribution in [2.75, 3.05) is 19.7 Å². The summed E-state index contributed by atoms with van der Waals surface area (Å²) in [4.78, 5) is 14.5. The summed E-state index contributed by atoms with van der Waals surface area (Å²) in [6.45, 7) is 12.4. The van der Waals surface area contributed by atoms with Gasteiger partial charge in [0.2, 0.25) is 0 Å². The number of nitrogens with zero attached hydrogens (tertiary/aromatic N) is 3. The second-order valence-electron chi connectivity index (χ2n) is 12.3. The number of piperidine rings is 1. The van der Waals surface area contributed by atoms with Crippen LogP contribution in [0.4, 0.5) is 9.18 Å². The highest BCUT2D eigenvalue weighted by Gasteiger charge is 2.39. The third kappa shape index (κ3) is 5.88. The van der Waals surface area contributed by atoms with E-state index in [0.717, 1.165) is 34.5 Å². The highest BCUT2D eigenvalue weighted by atomic mass is 19.1. The van der Waals surface area contributed by atoms with Gasteiger partial charge in [-0.2, -0.15) is 5.10 Å². The Balaban J connectivity index is 1.37. The van der Waals surface area contributed by atoms with Crippen molar-refractivity contribution in [3.63, 3.8) is 0 Å². The number of amides is 1. The van der Waals surface area contributed by atoms with Crippen LogP contribution in [-0.4, -0.2) is 46.1 Å². The van der Waals surface area contributed by atoms with Crippen LogP contribution < -0.4 is 0 Å². The average molecular weight is 522 g/mol. The minimum atomic E-state index is -0.535. The molecule has 0 spiro atoms. The number of rotatable bonds is 7. The van der Waals surface area contributed by atoms with Gasteiger partial charge in [0.1, 0.15) is 11.4 Å². The summed E-state index contributed by atoms with van der Waals surface area (Å²) in [6.07, 6.45) is 5.51. The topological polar surface area (TPSA) is 56.6 Å². The predicted octanol–water partition coefficient (Wildman–Crippen LogP) is 6.94. The van der Waals surface area contributed by atoms with Crippen LogP contribution in [0.3, 0.4) is 0 Å². The Labute approximate surface area is 225 Å². The van der Waals surface area contributed by atoms with Crippen LogP contribution >= 0.6 is 0 Å². The number of aromatic nitrogens is 2. The Kier molecular flexibility index (Phi) is 7.25. The van der Waals surface area contributed by atoms with Gasteiger partial charge in [-0.15, -0.1) is 0 Å². The van der Waals surface area contributed by atoms with Gasteiger partial charge in [0.05, 0.1) is 24.4 Å². The van der Waals surface area contributed by atoms with E-state index in [1.165, 1.54) is 30.5 Å². The fraction of sp³-hybridized carbons (Fsp3) is 0.548. The Morgan fingerprint density at radius 3 is 2.47 bits per heavy atom. The average Bonchev–Trinajstić information content (AvgIpc) is 3.60. The van der Waals surface area contributed by atoms with Crippen LogP contribution in [0.25, 0.3) is 10.9 Å². The van der Waals surface area contributed by atoms with Gasteiger partial charge >= 0.3 is 6.09 Å². The predicted molar refractivity (Wildman–Crippen MR) is 147 cm³/mol. The van der Waals surface area contributed by atoms with E-state index in [1.807, 2.05) is 39.1 Å².